The third-order valence-corrected chi connectivity index (χ3v) is 3.99. The first-order chi connectivity index (χ1) is 9.76. The first kappa shape index (κ1) is 15.9. The molecule has 0 fully saturated rings. The van der Waals surface area contributed by atoms with Crippen molar-refractivity contribution in [3.05, 3.63) is 17.0 Å². The Morgan fingerprint density at radius 3 is 2.81 bits per heavy atom. The molecule has 8 nitrogen and oxygen atoms in total. The quantitative estimate of drug-likeness (QED) is 0.719. The van der Waals surface area contributed by atoms with Crippen LogP contribution in [0.25, 0.3) is 0 Å². The summed E-state index contributed by atoms with van der Waals surface area (Å²) in [5.74, 6) is 0.0797. The molecular formula is C12H21N5O3S. The molecule has 0 spiro atoms. The molecule has 0 saturated carbocycles. The number of fused-ring (bicyclic) bond motifs is 1. The molecule has 0 radical (unpaired) electrons. The molecule has 2 heterocycles. The fraction of sp³-hybridized carbons (Fsp3) is 0.667. The molecule has 1 aliphatic heterocycles. The van der Waals surface area contributed by atoms with E-state index in [1.54, 1.807) is 4.90 Å². The van der Waals surface area contributed by atoms with E-state index in [-0.39, 0.29) is 12.5 Å². The van der Waals surface area contributed by atoms with Gasteiger partial charge in [0.25, 0.3) is 0 Å². The molecule has 0 aliphatic carbocycles. The molecule has 21 heavy (non-hydrogen) atoms. The molecule has 1 aromatic rings. The molecule has 0 atom stereocenters. The van der Waals surface area contributed by atoms with Gasteiger partial charge in [0, 0.05) is 12.1 Å². The fourth-order valence-electron chi connectivity index (χ4n) is 2.32. The molecule has 1 aliphatic rings. The van der Waals surface area contributed by atoms with Crippen LogP contribution in [0, 0.1) is 0 Å². The van der Waals surface area contributed by atoms with Crippen molar-refractivity contribution in [1.82, 2.24) is 24.7 Å². The number of nitrogens with zero attached hydrogens (tertiary/aromatic N) is 3. The van der Waals surface area contributed by atoms with Gasteiger partial charge in [-0.05, 0) is 20.5 Å². The second-order valence-corrected chi connectivity index (χ2v) is 7.36. The second kappa shape index (κ2) is 6.12. The van der Waals surface area contributed by atoms with Crippen molar-refractivity contribution in [2.45, 2.75) is 19.5 Å². The zero-order chi connectivity index (χ0) is 15.6. The maximum absolute atomic E-state index is 12.0. The normalized spacial score (nSPS) is 15.3. The number of aromatic nitrogens is 2. The van der Waals surface area contributed by atoms with Crippen molar-refractivity contribution >= 4 is 15.9 Å². The number of aromatic amines is 1. The molecule has 118 valence electrons. The van der Waals surface area contributed by atoms with Crippen LogP contribution in [0.1, 0.15) is 17.0 Å². The molecule has 1 amide bonds. The van der Waals surface area contributed by atoms with Gasteiger partial charge < -0.3 is 9.80 Å². The highest BCUT2D eigenvalue weighted by Gasteiger charge is 2.25. The van der Waals surface area contributed by atoms with E-state index in [0.717, 1.165) is 17.5 Å². The number of nitrogens with one attached hydrogen (secondary N) is 2. The first-order valence-corrected chi connectivity index (χ1v) is 8.57. The largest absolute Gasteiger partial charge is 0.335 e. The Labute approximate surface area is 124 Å². The van der Waals surface area contributed by atoms with Crippen molar-refractivity contribution < 1.29 is 13.2 Å². The van der Waals surface area contributed by atoms with Gasteiger partial charge >= 0.3 is 0 Å². The van der Waals surface area contributed by atoms with Gasteiger partial charge in [0.15, 0.2) is 0 Å². The van der Waals surface area contributed by atoms with Crippen LogP contribution in [0.2, 0.25) is 0 Å². The molecule has 0 aromatic carbocycles. The van der Waals surface area contributed by atoms with Crippen LogP contribution in [-0.4, -0.2) is 67.8 Å². The van der Waals surface area contributed by atoms with Crippen LogP contribution in [0.3, 0.4) is 0 Å². The van der Waals surface area contributed by atoms with E-state index < -0.39 is 10.0 Å². The summed E-state index contributed by atoms with van der Waals surface area (Å²) >= 11 is 0. The minimum absolute atomic E-state index is 0.0797. The van der Waals surface area contributed by atoms with Crippen LogP contribution in [-0.2, 0) is 34.3 Å². The smallest absolute Gasteiger partial charge is 0.237 e. The highest BCUT2D eigenvalue weighted by Crippen LogP contribution is 2.20. The maximum Gasteiger partial charge on any atom is 0.237 e. The summed E-state index contributed by atoms with van der Waals surface area (Å²) in [7, 11) is 0.481. The van der Waals surface area contributed by atoms with Crippen molar-refractivity contribution in [2.24, 2.45) is 0 Å². The first-order valence-electron chi connectivity index (χ1n) is 6.68. The van der Waals surface area contributed by atoms with E-state index >= 15 is 0 Å². The van der Waals surface area contributed by atoms with Crippen LogP contribution in [0.5, 0.6) is 0 Å². The molecule has 9 heteroatoms. The predicted octanol–water partition coefficient (Wildman–Crippen LogP) is -1.09. The van der Waals surface area contributed by atoms with E-state index in [9.17, 15) is 13.2 Å². The minimum Gasteiger partial charge on any atom is -0.335 e. The Balaban J connectivity index is 2.03. The van der Waals surface area contributed by atoms with Gasteiger partial charge in [0.2, 0.25) is 15.9 Å². The average Bonchev–Trinajstić information content (AvgIpc) is 2.76. The van der Waals surface area contributed by atoms with Gasteiger partial charge in [-0.1, -0.05) is 0 Å². The number of amides is 1. The number of sulfonamides is 1. The highest BCUT2D eigenvalue weighted by molar-refractivity contribution is 7.88. The third-order valence-electron chi connectivity index (χ3n) is 3.33. The van der Waals surface area contributed by atoms with Crippen molar-refractivity contribution in [3.8, 4) is 0 Å². The molecular weight excluding hydrogens is 294 g/mol. The van der Waals surface area contributed by atoms with E-state index in [1.807, 2.05) is 19.0 Å². The van der Waals surface area contributed by atoms with E-state index in [2.05, 4.69) is 14.9 Å². The van der Waals surface area contributed by atoms with Gasteiger partial charge in [-0.2, -0.15) is 5.10 Å². The Morgan fingerprint density at radius 1 is 1.48 bits per heavy atom. The lowest BCUT2D eigenvalue weighted by molar-refractivity contribution is -0.132. The number of rotatable bonds is 5. The van der Waals surface area contributed by atoms with Crippen molar-refractivity contribution in [3.63, 3.8) is 0 Å². The fourth-order valence-corrected chi connectivity index (χ4v) is 2.71. The summed E-state index contributed by atoms with van der Waals surface area (Å²) in [5, 5.41) is 7.06. The lowest BCUT2D eigenvalue weighted by Gasteiger charge is -2.28. The molecule has 0 saturated heterocycles. The van der Waals surface area contributed by atoms with Gasteiger partial charge in [0.05, 0.1) is 37.3 Å². The molecule has 1 aromatic heterocycles. The molecule has 0 bridgehead atoms. The van der Waals surface area contributed by atoms with Crippen LogP contribution in [0.15, 0.2) is 0 Å². The molecule has 2 N–H and O–H groups in total. The highest BCUT2D eigenvalue weighted by atomic mass is 32.2. The number of carbonyl (C=O) groups excluding carboxylic acids is 1. The average molecular weight is 315 g/mol. The Bertz CT molecular complexity index is 623. The number of hydrogen-bond donors (Lipinski definition) is 2. The Kier molecular flexibility index (Phi) is 4.64. The summed E-state index contributed by atoms with van der Waals surface area (Å²) in [6, 6.07) is 0. The summed E-state index contributed by atoms with van der Waals surface area (Å²) in [6.07, 6.45) is 1.81. The second-order valence-electron chi connectivity index (χ2n) is 5.52. The third kappa shape index (κ3) is 4.26. The zero-order valence-electron chi connectivity index (χ0n) is 12.5. The Morgan fingerprint density at radius 2 is 2.19 bits per heavy atom. The maximum atomic E-state index is 12.0. The summed E-state index contributed by atoms with van der Waals surface area (Å²) < 4.78 is 24.7. The van der Waals surface area contributed by atoms with E-state index in [0.29, 0.717) is 31.7 Å². The summed E-state index contributed by atoms with van der Waals surface area (Å²) in [5.41, 5.74) is 2.61. The number of hydrogen-bond acceptors (Lipinski definition) is 5. The SMILES string of the molecule is CN(C)CC(=O)N1CCc2c(CNS(C)(=O)=O)n[nH]c2C1. The Hall–Kier alpha value is -1.45. The van der Waals surface area contributed by atoms with Crippen LogP contribution >= 0.6 is 0 Å². The van der Waals surface area contributed by atoms with Crippen LogP contribution < -0.4 is 4.72 Å². The lowest BCUT2D eigenvalue weighted by Crippen LogP contribution is -2.41. The van der Waals surface area contributed by atoms with Crippen LogP contribution in [0.4, 0.5) is 0 Å². The van der Waals surface area contributed by atoms with Crippen molar-refractivity contribution in [1.29, 1.82) is 0 Å². The van der Waals surface area contributed by atoms with Gasteiger partial charge in [0.1, 0.15) is 0 Å². The predicted molar refractivity (Wildman–Crippen MR) is 77.9 cm³/mol. The van der Waals surface area contributed by atoms with Gasteiger partial charge in [-0.25, -0.2) is 13.1 Å². The van der Waals surface area contributed by atoms with E-state index in [4.69, 9.17) is 0 Å². The minimum atomic E-state index is -3.24. The van der Waals surface area contributed by atoms with Gasteiger partial charge in [-0.3, -0.25) is 9.89 Å². The van der Waals surface area contributed by atoms with Gasteiger partial charge in [-0.15, -0.1) is 0 Å². The zero-order valence-corrected chi connectivity index (χ0v) is 13.3. The summed E-state index contributed by atoms with van der Waals surface area (Å²) in [6.45, 7) is 1.68. The number of H-pyrrole nitrogens is 1. The number of likely N-dealkylation sites (N-methyl/N-ethyl adjacent to an activating group) is 1. The standard InChI is InChI=1S/C12H21N5O3S/c1-16(2)8-12(18)17-5-4-9-10(6-13-21(3,19)20)14-15-11(9)7-17/h13H,4-8H2,1-3H3,(H,14,15). The lowest BCUT2D eigenvalue weighted by atomic mass is 10.0. The van der Waals surface area contributed by atoms with Crippen molar-refractivity contribution in [2.75, 3.05) is 33.4 Å². The summed E-state index contributed by atoms with van der Waals surface area (Å²) in [4.78, 5) is 15.7. The topological polar surface area (TPSA) is 98.4 Å². The monoisotopic (exact) mass is 315 g/mol. The molecule has 0 unspecified atom stereocenters. The molecule has 2 rings (SSSR count). The number of carbonyl (C=O) groups is 1. The van der Waals surface area contributed by atoms with E-state index in [1.165, 1.54) is 0 Å².